The van der Waals surface area contributed by atoms with Crippen molar-refractivity contribution in [2.24, 2.45) is 0 Å². The second-order valence-corrected chi connectivity index (χ2v) is 8.57. The van der Waals surface area contributed by atoms with Gasteiger partial charge in [0.25, 0.3) is 0 Å². The molecule has 30 heavy (non-hydrogen) atoms. The number of hydrogen-bond donors (Lipinski definition) is 1. The molecule has 4 rings (SSSR count). The number of rotatable bonds is 6. The first kappa shape index (κ1) is 19.8. The SMILES string of the molecule is C=CCn1c(NC(=O)CC)c(S(=O)(=O)c2ccccc2)c2nc3ccccc3nc21. The molecule has 2 aromatic carbocycles. The van der Waals surface area contributed by atoms with E-state index in [0.29, 0.717) is 16.7 Å². The van der Waals surface area contributed by atoms with Gasteiger partial charge in [0.2, 0.25) is 15.7 Å². The van der Waals surface area contributed by atoms with Crippen LogP contribution in [0.1, 0.15) is 13.3 Å². The molecule has 2 heterocycles. The molecule has 0 bridgehead atoms. The number of allylic oxidation sites excluding steroid dienone is 1. The van der Waals surface area contributed by atoms with Crippen molar-refractivity contribution in [2.45, 2.75) is 29.7 Å². The van der Waals surface area contributed by atoms with Crippen LogP contribution >= 0.6 is 0 Å². The van der Waals surface area contributed by atoms with Crippen molar-refractivity contribution in [3.63, 3.8) is 0 Å². The third kappa shape index (κ3) is 3.25. The fourth-order valence-corrected chi connectivity index (χ4v) is 4.85. The normalized spacial score (nSPS) is 11.6. The van der Waals surface area contributed by atoms with Gasteiger partial charge in [-0.05, 0) is 24.3 Å². The summed E-state index contributed by atoms with van der Waals surface area (Å²) in [6, 6.07) is 15.3. The number of para-hydroxylation sites is 2. The van der Waals surface area contributed by atoms with Gasteiger partial charge >= 0.3 is 0 Å². The molecule has 7 nitrogen and oxygen atoms in total. The van der Waals surface area contributed by atoms with Crippen molar-refractivity contribution >= 4 is 43.8 Å². The first-order valence-electron chi connectivity index (χ1n) is 9.47. The monoisotopic (exact) mass is 420 g/mol. The van der Waals surface area contributed by atoms with E-state index in [1.54, 1.807) is 41.8 Å². The Morgan fingerprint density at radius 2 is 1.70 bits per heavy atom. The zero-order valence-corrected chi connectivity index (χ0v) is 17.2. The number of nitrogens with one attached hydrogen (secondary N) is 1. The Morgan fingerprint density at radius 1 is 1.07 bits per heavy atom. The maximum atomic E-state index is 13.6. The van der Waals surface area contributed by atoms with E-state index in [4.69, 9.17) is 0 Å². The molecule has 0 aliphatic heterocycles. The lowest BCUT2D eigenvalue weighted by molar-refractivity contribution is -0.115. The Hall–Kier alpha value is -3.52. The first-order valence-corrected chi connectivity index (χ1v) is 11.0. The third-order valence-corrected chi connectivity index (χ3v) is 6.54. The second kappa shape index (κ2) is 7.72. The number of amides is 1. The van der Waals surface area contributed by atoms with E-state index >= 15 is 0 Å². The predicted molar refractivity (Wildman–Crippen MR) is 116 cm³/mol. The van der Waals surface area contributed by atoms with Gasteiger partial charge in [0, 0.05) is 13.0 Å². The van der Waals surface area contributed by atoms with Crippen LogP contribution in [0.3, 0.4) is 0 Å². The van der Waals surface area contributed by atoms with Crippen LogP contribution in [-0.4, -0.2) is 28.9 Å². The molecule has 1 amide bonds. The molecular formula is C22H20N4O3S. The molecule has 0 spiro atoms. The zero-order chi connectivity index (χ0) is 21.3. The number of anilines is 1. The van der Waals surface area contributed by atoms with E-state index in [1.807, 2.05) is 18.2 Å². The van der Waals surface area contributed by atoms with Gasteiger partial charge in [-0.15, -0.1) is 6.58 Å². The van der Waals surface area contributed by atoms with Gasteiger partial charge in [0.05, 0.1) is 15.9 Å². The lowest BCUT2D eigenvalue weighted by atomic mass is 10.3. The number of nitrogens with zero attached hydrogens (tertiary/aromatic N) is 3. The number of carbonyl (C=O) groups is 1. The molecule has 8 heteroatoms. The first-order chi connectivity index (χ1) is 14.5. The van der Waals surface area contributed by atoms with Gasteiger partial charge in [-0.25, -0.2) is 18.4 Å². The number of carbonyl (C=O) groups excluding carboxylic acids is 1. The highest BCUT2D eigenvalue weighted by Crippen LogP contribution is 2.37. The molecule has 152 valence electrons. The summed E-state index contributed by atoms with van der Waals surface area (Å²) in [7, 11) is -3.99. The van der Waals surface area contributed by atoms with Crippen LogP contribution in [0.25, 0.3) is 22.2 Å². The number of benzene rings is 2. The summed E-state index contributed by atoms with van der Waals surface area (Å²) >= 11 is 0. The van der Waals surface area contributed by atoms with Gasteiger partial charge in [-0.3, -0.25) is 4.79 Å². The van der Waals surface area contributed by atoms with Gasteiger partial charge < -0.3 is 9.88 Å². The van der Waals surface area contributed by atoms with Crippen LogP contribution in [0.15, 0.2) is 77.0 Å². The molecule has 0 unspecified atom stereocenters. The lowest BCUT2D eigenvalue weighted by Gasteiger charge is -2.11. The summed E-state index contributed by atoms with van der Waals surface area (Å²) in [6.07, 6.45) is 1.82. The quantitative estimate of drug-likeness (QED) is 0.477. The van der Waals surface area contributed by atoms with Crippen LogP contribution in [0.2, 0.25) is 0 Å². The van der Waals surface area contributed by atoms with Crippen LogP contribution in [0.4, 0.5) is 5.82 Å². The van der Waals surface area contributed by atoms with Gasteiger partial charge in [-0.1, -0.05) is 43.3 Å². The predicted octanol–water partition coefficient (Wildman–Crippen LogP) is 3.95. The molecule has 0 saturated carbocycles. The molecule has 0 fully saturated rings. The van der Waals surface area contributed by atoms with E-state index in [2.05, 4.69) is 21.9 Å². The molecule has 0 aliphatic carbocycles. The fourth-order valence-electron chi connectivity index (χ4n) is 3.30. The minimum Gasteiger partial charge on any atom is -0.311 e. The summed E-state index contributed by atoms with van der Waals surface area (Å²) in [5.41, 5.74) is 1.78. The topological polar surface area (TPSA) is 94.0 Å². The number of hydrogen-bond acceptors (Lipinski definition) is 5. The molecule has 0 aliphatic rings. The summed E-state index contributed by atoms with van der Waals surface area (Å²) < 4.78 is 28.9. The van der Waals surface area contributed by atoms with E-state index in [-0.39, 0.29) is 40.0 Å². The maximum absolute atomic E-state index is 13.6. The molecule has 4 aromatic rings. The van der Waals surface area contributed by atoms with Crippen LogP contribution in [0.5, 0.6) is 0 Å². The summed E-state index contributed by atoms with van der Waals surface area (Å²) in [6.45, 7) is 5.72. The minimum atomic E-state index is -3.99. The van der Waals surface area contributed by atoms with Crippen LogP contribution in [0, 0.1) is 0 Å². The number of fused-ring (bicyclic) bond motifs is 2. The third-order valence-electron chi connectivity index (χ3n) is 4.72. The average molecular weight is 420 g/mol. The van der Waals surface area contributed by atoms with Crippen molar-refractivity contribution in [3.8, 4) is 0 Å². The van der Waals surface area contributed by atoms with E-state index in [0.717, 1.165) is 0 Å². The fraction of sp³-hybridized carbons (Fsp3) is 0.136. The molecule has 0 saturated heterocycles. The zero-order valence-electron chi connectivity index (χ0n) is 16.4. The minimum absolute atomic E-state index is 0.0643. The standard InChI is InChI=1S/C22H20N4O3S/c1-3-14-26-21-19(23-16-12-8-9-13-17(16)24-21)20(22(26)25-18(27)4-2)30(28,29)15-10-6-5-7-11-15/h3,5-13H,1,4,14H2,2H3,(H,25,27). The van der Waals surface area contributed by atoms with Crippen molar-refractivity contribution in [1.29, 1.82) is 0 Å². The highest BCUT2D eigenvalue weighted by Gasteiger charge is 2.31. The largest absolute Gasteiger partial charge is 0.311 e. The van der Waals surface area contributed by atoms with Crippen molar-refractivity contribution < 1.29 is 13.2 Å². The Balaban J connectivity index is 2.15. The number of aromatic nitrogens is 3. The Labute approximate surface area is 174 Å². The Morgan fingerprint density at radius 3 is 2.33 bits per heavy atom. The summed E-state index contributed by atoms with van der Waals surface area (Å²) in [4.78, 5) is 21.6. The van der Waals surface area contributed by atoms with E-state index < -0.39 is 9.84 Å². The van der Waals surface area contributed by atoms with Gasteiger partial charge in [0.15, 0.2) is 5.65 Å². The van der Waals surface area contributed by atoms with E-state index in [9.17, 15) is 13.2 Å². The Bertz CT molecular complexity index is 1380. The van der Waals surface area contributed by atoms with Crippen LogP contribution in [-0.2, 0) is 21.2 Å². The lowest BCUT2D eigenvalue weighted by Crippen LogP contribution is -2.16. The van der Waals surface area contributed by atoms with Crippen molar-refractivity contribution in [3.05, 3.63) is 67.3 Å². The molecular weight excluding hydrogens is 400 g/mol. The van der Waals surface area contributed by atoms with Crippen molar-refractivity contribution in [2.75, 3.05) is 5.32 Å². The van der Waals surface area contributed by atoms with E-state index in [1.165, 1.54) is 12.1 Å². The summed E-state index contributed by atoms with van der Waals surface area (Å²) in [5, 5.41) is 2.75. The number of sulfone groups is 1. The summed E-state index contributed by atoms with van der Waals surface area (Å²) in [5.74, 6) is -0.159. The smallest absolute Gasteiger partial charge is 0.225 e. The van der Waals surface area contributed by atoms with Gasteiger partial charge in [0.1, 0.15) is 16.2 Å². The average Bonchev–Trinajstić information content (AvgIpc) is 3.05. The van der Waals surface area contributed by atoms with Gasteiger partial charge in [-0.2, -0.15) is 0 Å². The van der Waals surface area contributed by atoms with Crippen LogP contribution < -0.4 is 5.32 Å². The Kier molecular flexibility index (Phi) is 5.09. The second-order valence-electron chi connectivity index (χ2n) is 6.68. The molecule has 1 N–H and O–H groups in total. The molecule has 2 aromatic heterocycles. The molecule has 0 atom stereocenters. The molecule has 0 radical (unpaired) electrons. The highest BCUT2D eigenvalue weighted by molar-refractivity contribution is 7.92. The maximum Gasteiger partial charge on any atom is 0.225 e. The van der Waals surface area contributed by atoms with Crippen molar-refractivity contribution in [1.82, 2.24) is 14.5 Å². The highest BCUT2D eigenvalue weighted by atomic mass is 32.2.